The van der Waals surface area contributed by atoms with Crippen molar-refractivity contribution in [3.05, 3.63) is 32.9 Å². The summed E-state index contributed by atoms with van der Waals surface area (Å²) in [6.45, 7) is 1.93. The fourth-order valence-electron chi connectivity index (χ4n) is 2.36. The van der Waals surface area contributed by atoms with Gasteiger partial charge in [0.1, 0.15) is 0 Å². The predicted octanol–water partition coefficient (Wildman–Crippen LogP) is 2.73. The molecule has 0 unspecified atom stereocenters. The van der Waals surface area contributed by atoms with Gasteiger partial charge in [-0.05, 0) is 60.9 Å². The molecule has 19 heavy (non-hydrogen) atoms. The van der Waals surface area contributed by atoms with Gasteiger partial charge in [-0.1, -0.05) is 11.6 Å². The lowest BCUT2D eigenvalue weighted by molar-refractivity contribution is -0.139. The highest BCUT2D eigenvalue weighted by Crippen LogP contribution is 2.35. The molecule has 102 valence electrons. The number of nitrogens with one attached hydrogen (secondary N) is 1. The normalized spacial score (nSPS) is 16.5. The minimum atomic E-state index is -0.862. The van der Waals surface area contributed by atoms with Crippen molar-refractivity contribution >= 4 is 34.5 Å². The standard InChI is InChI=1S/C14H16INO3/c1-9-3-4-11(15)10(7-9)13(19)16-14(5-2-6-14)8-12(17)18/h3-4,7H,2,5-6,8H2,1H3,(H,16,19)(H,17,18). The third-order valence-corrected chi connectivity index (χ3v) is 4.49. The van der Waals surface area contributed by atoms with Crippen LogP contribution in [0.2, 0.25) is 0 Å². The number of aliphatic carboxylic acids is 1. The number of carbonyl (C=O) groups excluding carboxylic acids is 1. The maximum Gasteiger partial charge on any atom is 0.305 e. The molecule has 2 N–H and O–H groups in total. The molecule has 0 bridgehead atoms. The fourth-order valence-corrected chi connectivity index (χ4v) is 2.94. The maximum absolute atomic E-state index is 12.3. The van der Waals surface area contributed by atoms with Gasteiger partial charge in [0, 0.05) is 3.57 Å². The molecule has 1 saturated carbocycles. The van der Waals surface area contributed by atoms with Gasteiger partial charge >= 0.3 is 5.97 Å². The summed E-state index contributed by atoms with van der Waals surface area (Å²) in [5.41, 5.74) is 1.10. The van der Waals surface area contributed by atoms with Gasteiger partial charge in [-0.25, -0.2) is 0 Å². The van der Waals surface area contributed by atoms with E-state index in [-0.39, 0.29) is 12.3 Å². The number of carboxylic acids is 1. The van der Waals surface area contributed by atoms with E-state index in [1.807, 2.05) is 25.1 Å². The molecule has 0 spiro atoms. The lowest BCUT2D eigenvalue weighted by Gasteiger charge is -2.41. The summed E-state index contributed by atoms with van der Waals surface area (Å²) < 4.78 is 0.880. The molecular weight excluding hydrogens is 357 g/mol. The topological polar surface area (TPSA) is 66.4 Å². The Morgan fingerprint density at radius 2 is 2.11 bits per heavy atom. The first-order chi connectivity index (χ1) is 8.92. The molecule has 5 heteroatoms. The molecule has 0 radical (unpaired) electrons. The van der Waals surface area contributed by atoms with E-state index in [9.17, 15) is 9.59 Å². The van der Waals surface area contributed by atoms with Crippen LogP contribution in [0, 0.1) is 10.5 Å². The van der Waals surface area contributed by atoms with Crippen LogP contribution in [-0.2, 0) is 4.79 Å². The van der Waals surface area contributed by atoms with E-state index >= 15 is 0 Å². The molecule has 1 aromatic carbocycles. The predicted molar refractivity (Wildman–Crippen MR) is 80.2 cm³/mol. The molecule has 0 aromatic heterocycles. The second kappa shape index (κ2) is 5.48. The Balaban J connectivity index is 2.16. The first-order valence-electron chi connectivity index (χ1n) is 6.22. The Hall–Kier alpha value is -1.11. The molecule has 0 saturated heterocycles. The molecule has 1 aliphatic carbocycles. The number of hydrogen-bond donors (Lipinski definition) is 2. The molecule has 2 rings (SSSR count). The van der Waals surface area contributed by atoms with E-state index in [2.05, 4.69) is 27.9 Å². The lowest BCUT2D eigenvalue weighted by Crippen LogP contribution is -2.54. The molecule has 4 nitrogen and oxygen atoms in total. The summed E-state index contributed by atoms with van der Waals surface area (Å²) in [4.78, 5) is 23.2. The lowest BCUT2D eigenvalue weighted by atomic mass is 9.74. The van der Waals surface area contributed by atoms with Gasteiger partial charge in [0.2, 0.25) is 0 Å². The summed E-state index contributed by atoms with van der Waals surface area (Å²) in [5.74, 6) is -1.03. The summed E-state index contributed by atoms with van der Waals surface area (Å²) in [6, 6.07) is 5.69. The molecule has 1 aliphatic rings. The molecule has 0 aliphatic heterocycles. The van der Waals surface area contributed by atoms with Crippen LogP contribution in [0.15, 0.2) is 18.2 Å². The zero-order chi connectivity index (χ0) is 14.0. The number of aryl methyl sites for hydroxylation is 1. The van der Waals surface area contributed by atoms with Gasteiger partial charge in [-0.2, -0.15) is 0 Å². The van der Waals surface area contributed by atoms with E-state index in [0.717, 1.165) is 28.4 Å². The summed E-state index contributed by atoms with van der Waals surface area (Å²) >= 11 is 2.12. The van der Waals surface area contributed by atoms with Gasteiger partial charge in [0.05, 0.1) is 17.5 Å². The summed E-state index contributed by atoms with van der Waals surface area (Å²) in [6.07, 6.45) is 2.46. The van der Waals surface area contributed by atoms with Crippen LogP contribution in [0.4, 0.5) is 0 Å². The third-order valence-electron chi connectivity index (χ3n) is 3.55. The number of halogens is 1. The SMILES string of the molecule is Cc1ccc(I)c(C(=O)NC2(CC(=O)O)CCC2)c1. The first kappa shape index (κ1) is 14.3. The number of carbonyl (C=O) groups is 2. The fraction of sp³-hybridized carbons (Fsp3) is 0.429. The van der Waals surface area contributed by atoms with Crippen molar-refractivity contribution in [2.45, 2.75) is 38.1 Å². The van der Waals surface area contributed by atoms with Crippen molar-refractivity contribution in [1.82, 2.24) is 5.32 Å². The monoisotopic (exact) mass is 373 g/mol. The van der Waals surface area contributed by atoms with Gasteiger partial charge < -0.3 is 10.4 Å². The van der Waals surface area contributed by atoms with Crippen LogP contribution in [0.25, 0.3) is 0 Å². The Kier molecular flexibility index (Phi) is 4.13. The van der Waals surface area contributed by atoms with E-state index in [1.165, 1.54) is 0 Å². The highest BCUT2D eigenvalue weighted by molar-refractivity contribution is 14.1. The van der Waals surface area contributed by atoms with Crippen LogP contribution in [0.3, 0.4) is 0 Å². The average molecular weight is 373 g/mol. The van der Waals surface area contributed by atoms with Gasteiger partial charge in [0.15, 0.2) is 0 Å². The Morgan fingerprint density at radius 1 is 1.42 bits per heavy atom. The molecule has 1 aromatic rings. The van der Waals surface area contributed by atoms with E-state index in [4.69, 9.17) is 5.11 Å². The second-order valence-corrected chi connectivity index (χ2v) is 6.30. The highest BCUT2D eigenvalue weighted by Gasteiger charge is 2.40. The molecule has 1 amide bonds. The molecular formula is C14H16INO3. The minimum absolute atomic E-state index is 0.00113. The highest BCUT2D eigenvalue weighted by atomic mass is 127. The van der Waals surface area contributed by atoms with E-state index in [1.54, 1.807) is 0 Å². The zero-order valence-electron chi connectivity index (χ0n) is 10.7. The van der Waals surface area contributed by atoms with Crippen molar-refractivity contribution in [2.24, 2.45) is 0 Å². The van der Waals surface area contributed by atoms with Crippen molar-refractivity contribution in [3.63, 3.8) is 0 Å². The van der Waals surface area contributed by atoms with E-state index < -0.39 is 11.5 Å². The van der Waals surface area contributed by atoms with Gasteiger partial charge in [-0.3, -0.25) is 9.59 Å². The number of amides is 1. The second-order valence-electron chi connectivity index (χ2n) is 5.14. The summed E-state index contributed by atoms with van der Waals surface area (Å²) in [7, 11) is 0. The van der Waals surface area contributed by atoms with Crippen LogP contribution < -0.4 is 5.32 Å². The van der Waals surface area contributed by atoms with Crippen LogP contribution >= 0.6 is 22.6 Å². The van der Waals surface area contributed by atoms with Crippen molar-refractivity contribution in [3.8, 4) is 0 Å². The van der Waals surface area contributed by atoms with Crippen LogP contribution in [0.5, 0.6) is 0 Å². The third kappa shape index (κ3) is 3.26. The maximum atomic E-state index is 12.3. The van der Waals surface area contributed by atoms with Crippen molar-refractivity contribution in [1.29, 1.82) is 0 Å². The minimum Gasteiger partial charge on any atom is -0.481 e. The molecule has 0 atom stereocenters. The Bertz CT molecular complexity index is 523. The Morgan fingerprint density at radius 3 is 2.63 bits per heavy atom. The number of rotatable bonds is 4. The van der Waals surface area contributed by atoms with E-state index in [0.29, 0.717) is 5.56 Å². The van der Waals surface area contributed by atoms with Crippen LogP contribution in [0.1, 0.15) is 41.6 Å². The quantitative estimate of drug-likeness (QED) is 0.798. The number of hydrogen-bond acceptors (Lipinski definition) is 2. The molecule has 1 fully saturated rings. The van der Waals surface area contributed by atoms with Gasteiger partial charge in [0.25, 0.3) is 5.91 Å². The smallest absolute Gasteiger partial charge is 0.305 e. The van der Waals surface area contributed by atoms with Crippen molar-refractivity contribution in [2.75, 3.05) is 0 Å². The largest absolute Gasteiger partial charge is 0.481 e. The van der Waals surface area contributed by atoms with Crippen LogP contribution in [-0.4, -0.2) is 22.5 Å². The summed E-state index contributed by atoms with van der Waals surface area (Å²) in [5, 5.41) is 11.9. The zero-order valence-corrected chi connectivity index (χ0v) is 12.9. The Labute approximate surface area is 125 Å². The number of carboxylic acid groups (broad SMARTS) is 1. The average Bonchev–Trinajstić information content (AvgIpc) is 2.28. The van der Waals surface area contributed by atoms with Gasteiger partial charge in [-0.15, -0.1) is 0 Å². The first-order valence-corrected chi connectivity index (χ1v) is 7.30. The number of benzene rings is 1. The molecule has 0 heterocycles. The van der Waals surface area contributed by atoms with Crippen molar-refractivity contribution < 1.29 is 14.7 Å².